The fourth-order valence-corrected chi connectivity index (χ4v) is 1.35. The van der Waals surface area contributed by atoms with Gasteiger partial charge >= 0.3 is 12.1 Å². The van der Waals surface area contributed by atoms with Crippen LogP contribution >= 0.6 is 0 Å². The second-order valence-electron chi connectivity index (χ2n) is 3.88. The van der Waals surface area contributed by atoms with Crippen molar-refractivity contribution < 1.29 is 28.2 Å². The van der Waals surface area contributed by atoms with Crippen molar-refractivity contribution in [3.8, 4) is 0 Å². The summed E-state index contributed by atoms with van der Waals surface area (Å²) in [4.78, 5) is 19.1. The van der Waals surface area contributed by atoms with Crippen molar-refractivity contribution in [2.45, 2.75) is 12.1 Å². The molecule has 0 spiro atoms. The van der Waals surface area contributed by atoms with Crippen molar-refractivity contribution in [2.24, 2.45) is 0 Å². The maximum Gasteiger partial charge on any atom is 0.490 e. The lowest BCUT2D eigenvalue weighted by atomic mass is 9.94. The quantitative estimate of drug-likeness (QED) is 0.734. The van der Waals surface area contributed by atoms with E-state index in [-0.39, 0.29) is 0 Å². The normalized spacial score (nSPS) is 14.9. The van der Waals surface area contributed by atoms with Gasteiger partial charge in [-0.05, 0) is 5.56 Å². The predicted octanol–water partition coefficient (Wildman–Crippen LogP) is 0.485. The molecule has 1 fully saturated rings. The van der Waals surface area contributed by atoms with Gasteiger partial charge in [-0.25, -0.2) is 4.79 Å². The zero-order valence-electron chi connectivity index (χ0n) is 9.70. The first kappa shape index (κ1) is 15.1. The van der Waals surface area contributed by atoms with E-state index in [1.807, 2.05) is 29.4 Å². The van der Waals surface area contributed by atoms with E-state index in [4.69, 9.17) is 9.90 Å². The molecule has 0 radical (unpaired) electrons. The highest BCUT2D eigenvalue weighted by molar-refractivity contribution is 5.73. The Morgan fingerprint density at radius 2 is 1.74 bits per heavy atom. The number of benzene rings is 1. The fourth-order valence-electron chi connectivity index (χ4n) is 1.35. The minimum Gasteiger partial charge on any atom is -0.475 e. The highest BCUT2D eigenvalue weighted by atomic mass is 19.4. The predicted molar refractivity (Wildman–Crippen MR) is 59.7 cm³/mol. The van der Waals surface area contributed by atoms with E-state index >= 15 is 0 Å². The Balaban J connectivity index is 0.000000224. The van der Waals surface area contributed by atoms with Gasteiger partial charge in [-0.1, -0.05) is 12.1 Å². The Morgan fingerprint density at radius 3 is 2.00 bits per heavy atom. The zero-order valence-corrected chi connectivity index (χ0v) is 9.70. The smallest absolute Gasteiger partial charge is 0.475 e. The molecule has 0 atom stereocenters. The summed E-state index contributed by atoms with van der Waals surface area (Å²) in [5.74, 6) is -2.11. The summed E-state index contributed by atoms with van der Waals surface area (Å²) in [7, 11) is 0. The molecule has 19 heavy (non-hydrogen) atoms. The van der Waals surface area contributed by atoms with E-state index in [1.165, 1.54) is 5.56 Å². The number of carbonyl (C=O) groups is 1. The van der Waals surface area contributed by atoms with E-state index in [2.05, 4.69) is 5.32 Å². The van der Waals surface area contributed by atoms with Crippen LogP contribution in [0.2, 0.25) is 0 Å². The molecule has 1 aromatic carbocycles. The Bertz CT molecular complexity index is 441. The van der Waals surface area contributed by atoms with Crippen LogP contribution in [-0.2, 0) is 4.79 Å². The summed E-state index contributed by atoms with van der Waals surface area (Å²) in [6.45, 7) is 2.12. The molecule has 1 heterocycles. The van der Waals surface area contributed by atoms with Crippen molar-refractivity contribution in [3.05, 3.63) is 34.7 Å². The molecule has 0 bridgehead atoms. The fraction of sp³-hybridized carbons (Fsp3) is 0.364. The second kappa shape index (κ2) is 6.28. The molecule has 0 amide bonds. The maximum atomic E-state index is 10.6. The number of alkyl halides is 3. The molecular formula is C11H12F3N2O3+. The third-order valence-corrected chi connectivity index (χ3v) is 2.52. The van der Waals surface area contributed by atoms with Gasteiger partial charge in [-0.15, -0.1) is 0 Å². The monoisotopic (exact) mass is 277 g/mol. The summed E-state index contributed by atoms with van der Waals surface area (Å²) in [5.41, 5.74) is 1.94. The van der Waals surface area contributed by atoms with Gasteiger partial charge < -0.3 is 10.4 Å². The Kier molecular flexibility index (Phi) is 4.99. The topological polar surface area (TPSA) is 80.4 Å². The minimum atomic E-state index is -5.08. The molecule has 0 saturated carbocycles. The van der Waals surface area contributed by atoms with Crippen molar-refractivity contribution >= 4 is 11.7 Å². The molecule has 0 aromatic heterocycles. The molecule has 1 aromatic rings. The van der Waals surface area contributed by atoms with E-state index in [0.29, 0.717) is 11.6 Å². The average Bonchev–Trinajstić information content (AvgIpc) is 2.27. The number of carboxylic acid groups (broad SMARTS) is 1. The first-order chi connectivity index (χ1) is 8.84. The number of hydrogen-bond acceptors (Lipinski definition) is 3. The largest absolute Gasteiger partial charge is 0.490 e. The van der Waals surface area contributed by atoms with Gasteiger partial charge in [-0.3, -0.25) is 0 Å². The molecule has 1 aliphatic heterocycles. The number of rotatable bonds is 2. The number of nitrogens with one attached hydrogen (secondary N) is 2. The van der Waals surface area contributed by atoms with Crippen LogP contribution in [0.4, 0.5) is 18.9 Å². The number of carboxylic acids is 1. The van der Waals surface area contributed by atoms with Crippen LogP contribution in [0.25, 0.3) is 0 Å². The van der Waals surface area contributed by atoms with Crippen LogP contribution in [0.1, 0.15) is 11.5 Å². The molecule has 1 aliphatic rings. The lowest BCUT2D eigenvalue weighted by Crippen LogP contribution is -2.55. The third kappa shape index (κ3) is 4.66. The van der Waals surface area contributed by atoms with Crippen LogP contribution in [-0.4, -0.2) is 30.3 Å². The van der Waals surface area contributed by atoms with Gasteiger partial charge in [-0.2, -0.15) is 13.2 Å². The number of nitroso groups, excluding NO2 is 1. The second-order valence-corrected chi connectivity index (χ2v) is 3.88. The van der Waals surface area contributed by atoms with E-state index in [9.17, 15) is 18.1 Å². The van der Waals surface area contributed by atoms with Crippen LogP contribution in [0.5, 0.6) is 0 Å². The lowest BCUT2D eigenvalue weighted by Gasteiger charge is -2.27. The summed E-state index contributed by atoms with van der Waals surface area (Å²) in [6.07, 6.45) is -5.08. The average molecular weight is 277 g/mol. The number of hydrogen-bond donors (Lipinski definition) is 3. The van der Waals surface area contributed by atoms with Gasteiger partial charge in [0.1, 0.15) is 0 Å². The third-order valence-electron chi connectivity index (χ3n) is 2.52. The molecule has 1 saturated heterocycles. The van der Waals surface area contributed by atoms with Crippen molar-refractivity contribution in [2.75, 3.05) is 13.1 Å². The summed E-state index contributed by atoms with van der Waals surface area (Å²) >= 11 is 0. The van der Waals surface area contributed by atoms with E-state index < -0.39 is 12.1 Å². The first-order valence-electron chi connectivity index (χ1n) is 5.33. The van der Waals surface area contributed by atoms with E-state index in [1.54, 1.807) is 0 Å². The molecule has 0 aliphatic carbocycles. The molecule has 3 N–H and O–H groups in total. The lowest BCUT2D eigenvalue weighted by molar-refractivity contribution is -0.379. The highest BCUT2D eigenvalue weighted by Crippen LogP contribution is 2.19. The molecule has 5 nitrogen and oxygen atoms in total. The standard InChI is InChI=1S/C9H10N2O.C2HF3O2/c12-11-9-3-1-7(2-4-9)8-5-10-6-8;3-2(4,5)1(6)7/h1-4,8,10H,5-6H2;(H,6,7)/p+1. The van der Waals surface area contributed by atoms with Crippen molar-refractivity contribution in [1.29, 1.82) is 0 Å². The van der Waals surface area contributed by atoms with Gasteiger partial charge in [0.15, 0.2) is 0 Å². The van der Waals surface area contributed by atoms with Gasteiger partial charge in [0, 0.05) is 41.2 Å². The van der Waals surface area contributed by atoms with Gasteiger partial charge in [0.25, 0.3) is 5.69 Å². The highest BCUT2D eigenvalue weighted by Gasteiger charge is 2.38. The summed E-state index contributed by atoms with van der Waals surface area (Å²) in [6, 6.07) is 7.65. The molecule has 0 unspecified atom stereocenters. The van der Waals surface area contributed by atoms with Crippen LogP contribution in [0.15, 0.2) is 24.3 Å². The Hall–Kier alpha value is -1.96. The van der Waals surface area contributed by atoms with Gasteiger partial charge in [0.05, 0.1) is 0 Å². The van der Waals surface area contributed by atoms with Crippen molar-refractivity contribution in [3.63, 3.8) is 0 Å². The SMILES string of the molecule is O=C(O)C(F)(F)F.O=[NH+]c1ccc(C2CNC2)cc1. The Morgan fingerprint density at radius 1 is 1.26 bits per heavy atom. The first-order valence-corrected chi connectivity index (χ1v) is 5.33. The van der Waals surface area contributed by atoms with Crippen LogP contribution < -0.4 is 10.5 Å². The summed E-state index contributed by atoms with van der Waals surface area (Å²) in [5, 5.41) is 12.2. The number of aliphatic carboxylic acids is 1. The Labute approximate surface area is 106 Å². The van der Waals surface area contributed by atoms with Gasteiger partial charge in [0.2, 0.25) is 0 Å². The molecular weight excluding hydrogens is 265 g/mol. The molecule has 104 valence electrons. The van der Waals surface area contributed by atoms with Crippen molar-refractivity contribution in [1.82, 2.24) is 5.32 Å². The maximum absolute atomic E-state index is 10.6. The molecule has 8 heteroatoms. The zero-order chi connectivity index (χ0) is 14.5. The minimum absolute atomic E-state index is 0.631. The van der Waals surface area contributed by atoms with Crippen LogP contribution in [0, 0.1) is 4.91 Å². The van der Waals surface area contributed by atoms with Crippen LogP contribution in [0.3, 0.4) is 0 Å². The summed E-state index contributed by atoms with van der Waals surface area (Å²) < 4.78 is 31.7. The van der Waals surface area contributed by atoms with E-state index in [0.717, 1.165) is 13.1 Å². The molecule has 2 rings (SSSR count). The number of halogens is 3.